The highest BCUT2D eigenvalue weighted by Gasteiger charge is 2.28. The van der Waals surface area contributed by atoms with Crippen molar-refractivity contribution in [2.45, 2.75) is 19.8 Å². The van der Waals surface area contributed by atoms with Gasteiger partial charge in [-0.15, -0.1) is 0 Å². The van der Waals surface area contributed by atoms with Crippen LogP contribution in [0.15, 0.2) is 36.5 Å². The second-order valence-corrected chi connectivity index (χ2v) is 5.41. The molecule has 0 spiro atoms. The minimum absolute atomic E-state index is 0.210. The maximum Gasteiger partial charge on any atom is 0.244 e. The third-order valence-corrected chi connectivity index (χ3v) is 3.83. The third-order valence-electron chi connectivity index (χ3n) is 3.83. The summed E-state index contributed by atoms with van der Waals surface area (Å²) in [7, 11) is 0. The fourth-order valence-corrected chi connectivity index (χ4v) is 2.68. The maximum absolute atomic E-state index is 14.1. The largest absolute Gasteiger partial charge is 0.323 e. The number of hydrogen-bond donors (Lipinski definition) is 1. The zero-order valence-electron chi connectivity index (χ0n) is 12.7. The Kier molecular flexibility index (Phi) is 4.06. The van der Waals surface area contributed by atoms with Crippen LogP contribution >= 0.6 is 0 Å². The van der Waals surface area contributed by atoms with E-state index in [2.05, 4.69) is 10.3 Å². The Morgan fingerprint density at radius 2 is 2.13 bits per heavy atom. The summed E-state index contributed by atoms with van der Waals surface area (Å²) >= 11 is 0. The van der Waals surface area contributed by atoms with Gasteiger partial charge in [0.1, 0.15) is 12.4 Å². The fraction of sp³-hybridized carbons (Fsp3) is 0.235. The number of aryl methyl sites for hydroxylation is 2. The number of amides is 2. The number of rotatable bonds is 3. The molecule has 118 valence electrons. The first kappa shape index (κ1) is 15.1. The van der Waals surface area contributed by atoms with E-state index in [1.807, 2.05) is 0 Å². The van der Waals surface area contributed by atoms with Crippen molar-refractivity contribution in [2.75, 3.05) is 16.8 Å². The number of hydrogen-bond acceptors (Lipinski definition) is 3. The van der Waals surface area contributed by atoms with Crippen molar-refractivity contribution < 1.29 is 14.0 Å². The summed E-state index contributed by atoms with van der Waals surface area (Å²) in [4.78, 5) is 29.7. The Bertz CT molecular complexity index is 776. The van der Waals surface area contributed by atoms with Gasteiger partial charge < -0.3 is 5.32 Å². The van der Waals surface area contributed by atoms with Gasteiger partial charge in [0.2, 0.25) is 11.8 Å². The molecule has 0 unspecified atom stereocenters. The summed E-state index contributed by atoms with van der Waals surface area (Å²) in [6.07, 6.45) is 2.40. The van der Waals surface area contributed by atoms with E-state index in [1.165, 1.54) is 11.0 Å². The number of anilines is 2. The van der Waals surface area contributed by atoms with Crippen LogP contribution < -0.4 is 10.2 Å². The van der Waals surface area contributed by atoms with E-state index in [9.17, 15) is 14.0 Å². The Labute approximate surface area is 133 Å². The lowest BCUT2D eigenvalue weighted by atomic mass is 10.0. The van der Waals surface area contributed by atoms with Crippen molar-refractivity contribution in [3.05, 3.63) is 53.6 Å². The molecule has 2 heterocycles. The van der Waals surface area contributed by atoms with Gasteiger partial charge in [0.05, 0.1) is 17.1 Å². The van der Waals surface area contributed by atoms with Gasteiger partial charge in [0.15, 0.2) is 0 Å². The molecule has 0 aliphatic carbocycles. The highest BCUT2D eigenvalue weighted by Crippen LogP contribution is 2.30. The quantitative estimate of drug-likeness (QED) is 0.947. The molecule has 0 saturated carbocycles. The zero-order valence-corrected chi connectivity index (χ0v) is 12.7. The summed E-state index contributed by atoms with van der Waals surface area (Å²) in [5.74, 6) is -1.12. The average molecular weight is 313 g/mol. The molecular weight excluding hydrogens is 297 g/mol. The third kappa shape index (κ3) is 3.06. The molecule has 0 saturated heterocycles. The number of nitrogens with one attached hydrogen (secondary N) is 1. The Balaban J connectivity index is 1.81. The Morgan fingerprint density at radius 1 is 1.30 bits per heavy atom. The van der Waals surface area contributed by atoms with Crippen molar-refractivity contribution >= 4 is 23.2 Å². The van der Waals surface area contributed by atoms with Gasteiger partial charge in [-0.2, -0.15) is 0 Å². The molecule has 23 heavy (non-hydrogen) atoms. The molecule has 1 N–H and O–H groups in total. The number of halogens is 1. The van der Waals surface area contributed by atoms with E-state index in [4.69, 9.17) is 0 Å². The lowest BCUT2D eigenvalue weighted by molar-refractivity contribution is -0.121. The first-order valence-corrected chi connectivity index (χ1v) is 7.35. The number of aromatic nitrogens is 1. The van der Waals surface area contributed by atoms with Gasteiger partial charge in [-0.3, -0.25) is 19.5 Å². The molecule has 0 bridgehead atoms. The van der Waals surface area contributed by atoms with E-state index >= 15 is 0 Å². The number of fused-ring (bicyclic) bond motifs is 1. The van der Waals surface area contributed by atoms with Gasteiger partial charge in [-0.1, -0.05) is 12.1 Å². The minimum atomic E-state index is -0.485. The molecule has 5 nitrogen and oxygen atoms in total. The number of pyridine rings is 1. The van der Waals surface area contributed by atoms with Crippen LogP contribution in [0.4, 0.5) is 15.8 Å². The Hall–Kier alpha value is -2.76. The topological polar surface area (TPSA) is 62.3 Å². The number of nitrogens with zero attached hydrogens (tertiary/aromatic N) is 2. The highest BCUT2D eigenvalue weighted by atomic mass is 19.1. The summed E-state index contributed by atoms with van der Waals surface area (Å²) < 4.78 is 14.1. The molecule has 1 aromatic carbocycles. The first-order valence-electron chi connectivity index (χ1n) is 7.35. The van der Waals surface area contributed by atoms with Crippen LogP contribution in [-0.4, -0.2) is 23.3 Å². The summed E-state index contributed by atoms with van der Waals surface area (Å²) in [5.41, 5.74) is 2.21. The SMILES string of the molecule is Cc1ncccc1NC(=O)CN1C(=O)CCc2cccc(F)c21. The van der Waals surface area contributed by atoms with Crippen molar-refractivity contribution in [3.63, 3.8) is 0 Å². The molecule has 2 aromatic rings. The summed E-state index contributed by atoms with van der Waals surface area (Å²) in [6.45, 7) is 1.55. The zero-order chi connectivity index (χ0) is 16.4. The van der Waals surface area contributed by atoms with Gasteiger partial charge in [-0.25, -0.2) is 4.39 Å². The van der Waals surface area contributed by atoms with Gasteiger partial charge in [0.25, 0.3) is 0 Å². The van der Waals surface area contributed by atoms with Crippen molar-refractivity contribution in [3.8, 4) is 0 Å². The van der Waals surface area contributed by atoms with E-state index in [0.717, 1.165) is 5.56 Å². The van der Waals surface area contributed by atoms with Crippen LogP contribution in [0.3, 0.4) is 0 Å². The average Bonchev–Trinajstić information content (AvgIpc) is 2.52. The molecule has 6 heteroatoms. The molecule has 1 aliphatic heterocycles. The predicted molar refractivity (Wildman–Crippen MR) is 84.7 cm³/mol. The number of carbonyl (C=O) groups excluding carboxylic acids is 2. The molecule has 0 radical (unpaired) electrons. The first-order chi connectivity index (χ1) is 11.1. The van der Waals surface area contributed by atoms with Crippen LogP contribution in [0.5, 0.6) is 0 Å². The van der Waals surface area contributed by atoms with Crippen LogP contribution in [0.2, 0.25) is 0 Å². The molecular formula is C17H16FN3O2. The summed E-state index contributed by atoms with van der Waals surface area (Å²) in [6, 6.07) is 8.13. The number of para-hydroxylation sites is 1. The number of benzene rings is 1. The van der Waals surface area contributed by atoms with Gasteiger partial charge in [-0.05, 0) is 37.1 Å². The van der Waals surface area contributed by atoms with Crippen LogP contribution in [0.25, 0.3) is 0 Å². The van der Waals surface area contributed by atoms with Crippen molar-refractivity contribution in [1.29, 1.82) is 0 Å². The van der Waals surface area contributed by atoms with Gasteiger partial charge >= 0.3 is 0 Å². The van der Waals surface area contributed by atoms with Crippen LogP contribution in [0.1, 0.15) is 17.7 Å². The van der Waals surface area contributed by atoms with Crippen LogP contribution in [-0.2, 0) is 16.0 Å². The molecule has 3 rings (SSSR count). The van der Waals surface area contributed by atoms with E-state index in [-0.39, 0.29) is 30.5 Å². The lowest BCUT2D eigenvalue weighted by Crippen LogP contribution is -2.41. The lowest BCUT2D eigenvalue weighted by Gasteiger charge is -2.29. The molecule has 0 atom stereocenters. The predicted octanol–water partition coefficient (Wildman–Crippen LogP) is 2.45. The van der Waals surface area contributed by atoms with Crippen molar-refractivity contribution in [2.24, 2.45) is 0 Å². The van der Waals surface area contributed by atoms with Crippen LogP contribution in [0, 0.1) is 12.7 Å². The van der Waals surface area contributed by atoms with Crippen molar-refractivity contribution in [1.82, 2.24) is 4.98 Å². The fourth-order valence-electron chi connectivity index (χ4n) is 2.68. The normalized spacial score (nSPS) is 13.7. The van der Waals surface area contributed by atoms with E-state index in [1.54, 1.807) is 37.4 Å². The standard InChI is InChI=1S/C17H16FN3O2/c1-11-14(6-3-9-19-11)20-15(22)10-21-16(23)8-7-12-4-2-5-13(18)17(12)21/h2-6,9H,7-8,10H2,1H3,(H,20,22). The molecule has 1 aliphatic rings. The second kappa shape index (κ2) is 6.16. The van der Waals surface area contributed by atoms with Gasteiger partial charge in [0, 0.05) is 12.6 Å². The molecule has 1 aromatic heterocycles. The minimum Gasteiger partial charge on any atom is -0.323 e. The van der Waals surface area contributed by atoms with E-state index < -0.39 is 5.82 Å². The summed E-state index contributed by atoms with van der Waals surface area (Å²) in [5, 5.41) is 2.71. The maximum atomic E-state index is 14.1. The highest BCUT2D eigenvalue weighted by molar-refractivity contribution is 6.04. The Morgan fingerprint density at radius 3 is 2.91 bits per heavy atom. The monoisotopic (exact) mass is 313 g/mol. The second-order valence-electron chi connectivity index (χ2n) is 5.41. The smallest absolute Gasteiger partial charge is 0.244 e. The van der Waals surface area contributed by atoms with E-state index in [0.29, 0.717) is 17.8 Å². The number of carbonyl (C=O) groups is 2. The molecule has 2 amide bonds. The molecule has 0 fully saturated rings.